The lowest BCUT2D eigenvalue weighted by Crippen LogP contribution is -2.33. The molecule has 23 heavy (non-hydrogen) atoms. The van der Waals surface area contributed by atoms with Crippen molar-refractivity contribution in [2.75, 3.05) is 4.90 Å². The molecule has 0 saturated heterocycles. The van der Waals surface area contributed by atoms with E-state index in [1.807, 2.05) is 0 Å². The van der Waals surface area contributed by atoms with E-state index in [-0.39, 0.29) is 11.3 Å². The first-order valence-corrected chi connectivity index (χ1v) is 6.42. The van der Waals surface area contributed by atoms with E-state index in [0.717, 1.165) is 29.2 Å². The molecule has 0 fully saturated rings. The molecule has 1 aromatic carbocycles. The van der Waals surface area contributed by atoms with Crippen molar-refractivity contribution in [3.05, 3.63) is 54.1 Å². The van der Waals surface area contributed by atoms with Crippen LogP contribution in [0.5, 0.6) is 0 Å². The second-order valence-corrected chi connectivity index (χ2v) is 4.58. The van der Waals surface area contributed by atoms with Crippen molar-refractivity contribution in [3.63, 3.8) is 0 Å². The van der Waals surface area contributed by atoms with Crippen LogP contribution in [-0.2, 0) is 24.0 Å². The van der Waals surface area contributed by atoms with Gasteiger partial charge >= 0.3 is 5.97 Å². The SMILES string of the molecule is O=C(ON1C(=O)C=CC1=O)c1cccc(N2C(=O)C=CC2=O)c1. The second kappa shape index (κ2) is 5.34. The van der Waals surface area contributed by atoms with Crippen LogP contribution in [0.25, 0.3) is 0 Å². The summed E-state index contributed by atoms with van der Waals surface area (Å²) in [5.41, 5.74) is 0.152. The van der Waals surface area contributed by atoms with E-state index < -0.39 is 29.6 Å². The monoisotopic (exact) mass is 312 g/mol. The third-order valence-corrected chi connectivity index (χ3v) is 3.09. The van der Waals surface area contributed by atoms with Crippen molar-refractivity contribution in [2.24, 2.45) is 0 Å². The maximum absolute atomic E-state index is 12.0. The molecule has 4 amide bonds. The van der Waals surface area contributed by atoms with Crippen LogP contribution in [0.4, 0.5) is 5.69 Å². The van der Waals surface area contributed by atoms with Crippen molar-refractivity contribution in [2.45, 2.75) is 0 Å². The average molecular weight is 312 g/mol. The first-order chi connectivity index (χ1) is 11.0. The fourth-order valence-electron chi connectivity index (χ4n) is 2.04. The first kappa shape index (κ1) is 14.4. The van der Waals surface area contributed by atoms with Crippen LogP contribution in [-0.4, -0.2) is 34.7 Å². The number of benzene rings is 1. The molecule has 0 N–H and O–H groups in total. The van der Waals surface area contributed by atoms with Crippen LogP contribution in [0.3, 0.4) is 0 Å². The van der Waals surface area contributed by atoms with Gasteiger partial charge in [0.05, 0.1) is 11.3 Å². The van der Waals surface area contributed by atoms with Crippen LogP contribution in [0.1, 0.15) is 10.4 Å². The van der Waals surface area contributed by atoms with Gasteiger partial charge in [-0.25, -0.2) is 9.69 Å². The molecule has 8 nitrogen and oxygen atoms in total. The van der Waals surface area contributed by atoms with Gasteiger partial charge in [-0.1, -0.05) is 11.1 Å². The van der Waals surface area contributed by atoms with Gasteiger partial charge in [-0.2, -0.15) is 0 Å². The molecular formula is C15H8N2O6. The van der Waals surface area contributed by atoms with E-state index in [4.69, 9.17) is 4.84 Å². The first-order valence-electron chi connectivity index (χ1n) is 6.42. The Labute approximate surface area is 129 Å². The Hall–Kier alpha value is -3.55. The fourth-order valence-corrected chi connectivity index (χ4v) is 2.04. The number of hydrogen-bond donors (Lipinski definition) is 0. The Morgan fingerprint density at radius 2 is 1.39 bits per heavy atom. The average Bonchev–Trinajstić information content (AvgIpc) is 3.03. The Morgan fingerprint density at radius 1 is 0.826 bits per heavy atom. The molecule has 0 unspecified atom stereocenters. The highest BCUT2D eigenvalue weighted by molar-refractivity contribution is 6.28. The van der Waals surface area contributed by atoms with Crippen LogP contribution < -0.4 is 4.90 Å². The minimum atomic E-state index is -0.968. The lowest BCUT2D eigenvalue weighted by molar-refractivity contribution is -0.170. The molecule has 1 aromatic rings. The molecule has 0 aliphatic carbocycles. The Bertz CT molecular complexity index is 787. The van der Waals surface area contributed by atoms with E-state index in [0.29, 0.717) is 5.06 Å². The van der Waals surface area contributed by atoms with Crippen LogP contribution in [0.15, 0.2) is 48.6 Å². The van der Waals surface area contributed by atoms with Gasteiger partial charge in [-0.15, -0.1) is 0 Å². The van der Waals surface area contributed by atoms with Crippen molar-refractivity contribution in [1.82, 2.24) is 5.06 Å². The van der Waals surface area contributed by atoms with Crippen molar-refractivity contribution in [3.8, 4) is 0 Å². The quantitative estimate of drug-likeness (QED) is 0.734. The smallest absolute Gasteiger partial charge is 0.324 e. The zero-order chi connectivity index (χ0) is 16.6. The maximum atomic E-state index is 12.0. The zero-order valence-corrected chi connectivity index (χ0v) is 11.5. The van der Waals surface area contributed by atoms with Crippen LogP contribution in [0.2, 0.25) is 0 Å². The Balaban J connectivity index is 1.81. The number of hydrogen-bond acceptors (Lipinski definition) is 6. The molecule has 0 aromatic heterocycles. The maximum Gasteiger partial charge on any atom is 0.364 e. The Morgan fingerprint density at radius 3 is 2.00 bits per heavy atom. The molecule has 114 valence electrons. The van der Waals surface area contributed by atoms with Gasteiger partial charge in [0.25, 0.3) is 23.6 Å². The number of hydroxylamine groups is 2. The third kappa shape index (κ3) is 2.53. The molecule has 0 spiro atoms. The van der Waals surface area contributed by atoms with Crippen LogP contribution in [0, 0.1) is 0 Å². The number of nitrogens with zero attached hydrogens (tertiary/aromatic N) is 2. The summed E-state index contributed by atoms with van der Waals surface area (Å²) in [7, 11) is 0. The topological polar surface area (TPSA) is 101 Å². The molecule has 2 aliphatic rings. The molecule has 2 heterocycles. The summed E-state index contributed by atoms with van der Waals surface area (Å²) in [4.78, 5) is 63.6. The number of imide groups is 2. The summed E-state index contributed by atoms with van der Waals surface area (Å²) >= 11 is 0. The summed E-state index contributed by atoms with van der Waals surface area (Å²) in [5, 5.41) is 0.322. The molecule has 0 atom stereocenters. The number of carbonyl (C=O) groups excluding carboxylic acids is 5. The summed E-state index contributed by atoms with van der Waals surface area (Å²) in [6.07, 6.45) is 4.17. The summed E-state index contributed by atoms with van der Waals surface area (Å²) < 4.78 is 0. The van der Waals surface area contributed by atoms with Gasteiger partial charge in [0.15, 0.2) is 0 Å². The lowest BCUT2D eigenvalue weighted by atomic mass is 10.2. The molecule has 0 radical (unpaired) electrons. The lowest BCUT2D eigenvalue weighted by Gasteiger charge is -2.16. The van der Waals surface area contributed by atoms with Gasteiger partial charge < -0.3 is 4.84 Å². The Kier molecular flexibility index (Phi) is 3.34. The minimum absolute atomic E-state index is 0.0255. The molecule has 2 aliphatic heterocycles. The van der Waals surface area contributed by atoms with Crippen LogP contribution >= 0.6 is 0 Å². The van der Waals surface area contributed by atoms with Gasteiger partial charge in [-0.3, -0.25) is 19.2 Å². The predicted octanol–water partition coefficient (Wildman–Crippen LogP) is 0.113. The molecule has 3 rings (SSSR count). The number of anilines is 1. The van der Waals surface area contributed by atoms with E-state index in [1.54, 1.807) is 0 Å². The second-order valence-electron chi connectivity index (χ2n) is 4.58. The number of carbonyl (C=O) groups is 5. The largest absolute Gasteiger partial charge is 0.364 e. The highest BCUT2D eigenvalue weighted by Gasteiger charge is 2.29. The number of rotatable bonds is 3. The molecule has 8 heteroatoms. The summed E-state index contributed by atoms with van der Waals surface area (Å²) in [6.45, 7) is 0. The highest BCUT2D eigenvalue weighted by atomic mass is 16.7. The standard InChI is InChI=1S/C15H8N2O6/c18-11-4-5-12(19)16(11)10-3-1-2-9(8-10)15(22)23-17-13(20)6-7-14(17)21/h1-8H. The minimum Gasteiger partial charge on any atom is -0.324 e. The number of amides is 4. The summed E-state index contributed by atoms with van der Waals surface area (Å²) in [6, 6.07) is 5.52. The van der Waals surface area contributed by atoms with Crippen molar-refractivity contribution in [1.29, 1.82) is 0 Å². The van der Waals surface area contributed by atoms with E-state index >= 15 is 0 Å². The van der Waals surface area contributed by atoms with Gasteiger partial charge in [0.1, 0.15) is 0 Å². The van der Waals surface area contributed by atoms with Crippen molar-refractivity contribution >= 4 is 35.3 Å². The van der Waals surface area contributed by atoms with Gasteiger partial charge in [0.2, 0.25) is 0 Å². The van der Waals surface area contributed by atoms with Gasteiger partial charge in [-0.05, 0) is 18.2 Å². The molecule has 0 bridgehead atoms. The van der Waals surface area contributed by atoms with E-state index in [2.05, 4.69) is 0 Å². The molecule has 0 saturated carbocycles. The van der Waals surface area contributed by atoms with E-state index in [1.165, 1.54) is 24.3 Å². The van der Waals surface area contributed by atoms with Gasteiger partial charge in [0, 0.05) is 24.3 Å². The normalized spacial score (nSPS) is 16.7. The summed E-state index contributed by atoms with van der Waals surface area (Å²) in [5.74, 6) is -3.57. The predicted molar refractivity (Wildman–Crippen MR) is 74.5 cm³/mol. The zero-order valence-electron chi connectivity index (χ0n) is 11.5. The molecular weight excluding hydrogens is 304 g/mol. The van der Waals surface area contributed by atoms with Crippen molar-refractivity contribution < 1.29 is 28.8 Å². The van der Waals surface area contributed by atoms with E-state index in [9.17, 15) is 24.0 Å². The highest BCUT2D eigenvalue weighted by Crippen LogP contribution is 2.21. The fraction of sp³-hybridized carbons (Fsp3) is 0. The third-order valence-electron chi connectivity index (χ3n) is 3.09.